The third-order valence-electron chi connectivity index (χ3n) is 6.34. The molecule has 0 bridgehead atoms. The molecule has 11 nitrogen and oxygen atoms in total. The molecule has 0 aliphatic carbocycles. The average Bonchev–Trinajstić information content (AvgIpc) is 3.18. The van der Waals surface area contributed by atoms with Crippen LogP contribution in [0.5, 0.6) is 0 Å². The first-order chi connectivity index (χ1) is 16.9. The Morgan fingerprint density at radius 2 is 1.64 bits per heavy atom. The molecule has 1 spiro atoms. The van der Waals surface area contributed by atoms with E-state index in [9.17, 15) is 26.0 Å². The number of amides is 1. The number of anilines is 1. The first kappa shape index (κ1) is 26.4. The number of piperidine rings is 1. The van der Waals surface area contributed by atoms with Crippen LogP contribution in [0, 0.1) is 5.82 Å². The van der Waals surface area contributed by atoms with Gasteiger partial charge in [-0.2, -0.15) is 12.7 Å². The summed E-state index contributed by atoms with van der Waals surface area (Å²) < 4.78 is 72.5. The molecule has 5 rings (SSSR count). The molecule has 3 aliphatic rings. The molecule has 1 amide bonds. The highest BCUT2D eigenvalue weighted by Crippen LogP contribution is 2.38. The standard InChI is InChI=1S/C21H23FN4O4S.CH4O3S/c22-16-1-3-18(4-2-16)31(28,29)25-13-19(27)26-15-21(30-20(26)14-25)7-11-24(12-8-21)17-5-9-23-10-6-17;1-5(2,3)4/h1-6,9-10,20H,7-8,11-15H2;1H3,(H,2,3,4). The molecule has 1 aromatic carbocycles. The van der Waals surface area contributed by atoms with Gasteiger partial charge >= 0.3 is 0 Å². The lowest BCUT2D eigenvalue weighted by molar-refractivity contribution is -0.144. The first-order valence-corrected chi connectivity index (χ1v) is 14.5. The van der Waals surface area contributed by atoms with Crippen LogP contribution >= 0.6 is 0 Å². The number of aromatic nitrogens is 1. The van der Waals surface area contributed by atoms with E-state index in [2.05, 4.69) is 9.88 Å². The Balaban J connectivity index is 0.000000556. The van der Waals surface area contributed by atoms with E-state index in [1.54, 1.807) is 17.3 Å². The molecular formula is C22H27FN4O7S2. The van der Waals surface area contributed by atoms with E-state index in [1.807, 2.05) is 12.1 Å². The van der Waals surface area contributed by atoms with Crippen molar-refractivity contribution in [3.63, 3.8) is 0 Å². The zero-order valence-corrected chi connectivity index (χ0v) is 21.2. The molecular weight excluding hydrogens is 515 g/mol. The van der Waals surface area contributed by atoms with Gasteiger partial charge in [0.1, 0.15) is 12.0 Å². The maximum Gasteiger partial charge on any atom is 0.261 e. The summed E-state index contributed by atoms with van der Waals surface area (Å²) in [4.78, 5) is 20.7. The van der Waals surface area contributed by atoms with Crippen LogP contribution < -0.4 is 4.90 Å². The van der Waals surface area contributed by atoms with E-state index in [1.165, 1.54) is 12.1 Å². The monoisotopic (exact) mass is 542 g/mol. The molecule has 0 radical (unpaired) electrons. The van der Waals surface area contributed by atoms with Crippen molar-refractivity contribution in [3.8, 4) is 0 Å². The maximum absolute atomic E-state index is 13.2. The fourth-order valence-electron chi connectivity index (χ4n) is 4.61. The summed E-state index contributed by atoms with van der Waals surface area (Å²) in [7, 11) is -7.58. The number of fused-ring (bicyclic) bond motifs is 1. The molecule has 1 aromatic heterocycles. The third-order valence-corrected chi connectivity index (χ3v) is 8.16. The summed E-state index contributed by atoms with van der Waals surface area (Å²) in [5.41, 5.74) is 0.646. The van der Waals surface area contributed by atoms with Crippen molar-refractivity contribution in [1.82, 2.24) is 14.2 Å². The van der Waals surface area contributed by atoms with Gasteiger partial charge in [0.15, 0.2) is 0 Å². The van der Waals surface area contributed by atoms with Crippen LogP contribution in [0.2, 0.25) is 0 Å². The van der Waals surface area contributed by atoms with Gasteiger partial charge in [0.2, 0.25) is 15.9 Å². The Bertz CT molecular complexity index is 1290. The molecule has 1 N–H and O–H groups in total. The summed E-state index contributed by atoms with van der Waals surface area (Å²) in [6, 6.07) is 8.57. The van der Waals surface area contributed by atoms with Crippen LogP contribution in [-0.4, -0.2) is 92.3 Å². The number of piperazine rings is 1. The molecule has 3 aliphatic heterocycles. The van der Waals surface area contributed by atoms with Gasteiger partial charge in [-0.25, -0.2) is 12.8 Å². The fraction of sp³-hybridized carbons (Fsp3) is 0.455. The van der Waals surface area contributed by atoms with Gasteiger partial charge in [-0.05, 0) is 49.2 Å². The molecule has 14 heteroatoms. The number of rotatable bonds is 3. The number of carbonyl (C=O) groups excluding carboxylic acids is 1. The Morgan fingerprint density at radius 1 is 1.06 bits per heavy atom. The van der Waals surface area contributed by atoms with E-state index in [0.717, 1.165) is 48.1 Å². The summed E-state index contributed by atoms with van der Waals surface area (Å²) in [6.07, 6.45) is 5.14. The minimum Gasteiger partial charge on any atom is -0.371 e. The van der Waals surface area contributed by atoms with Gasteiger partial charge in [-0.1, -0.05) is 0 Å². The zero-order valence-electron chi connectivity index (χ0n) is 19.5. The van der Waals surface area contributed by atoms with Crippen molar-refractivity contribution in [1.29, 1.82) is 0 Å². The molecule has 3 saturated heterocycles. The summed E-state index contributed by atoms with van der Waals surface area (Å²) >= 11 is 0. The van der Waals surface area contributed by atoms with E-state index < -0.39 is 37.8 Å². The number of nitrogens with zero attached hydrogens (tertiary/aromatic N) is 4. The van der Waals surface area contributed by atoms with Gasteiger partial charge in [0.05, 0.1) is 36.4 Å². The highest BCUT2D eigenvalue weighted by molar-refractivity contribution is 7.89. The number of hydrogen-bond donors (Lipinski definition) is 1. The lowest BCUT2D eigenvalue weighted by atomic mass is 9.91. The SMILES string of the molecule is CS(=O)(=O)O.O=C1CN(S(=O)(=O)c2ccc(F)cc2)CC2OC3(CCN(c4ccncc4)CC3)CN12. The van der Waals surface area contributed by atoms with E-state index in [4.69, 9.17) is 9.29 Å². The number of halogens is 1. The van der Waals surface area contributed by atoms with Crippen LogP contribution in [0.25, 0.3) is 0 Å². The summed E-state index contributed by atoms with van der Waals surface area (Å²) in [5.74, 6) is -0.783. The van der Waals surface area contributed by atoms with Crippen molar-refractivity contribution >= 4 is 31.7 Å². The molecule has 36 heavy (non-hydrogen) atoms. The topological polar surface area (TPSA) is 137 Å². The average molecular weight is 543 g/mol. The van der Waals surface area contributed by atoms with Crippen molar-refractivity contribution < 1.29 is 35.3 Å². The minimum absolute atomic E-state index is 0.0338. The van der Waals surface area contributed by atoms with Crippen molar-refractivity contribution in [3.05, 3.63) is 54.6 Å². The number of carbonyl (C=O) groups is 1. The second-order valence-corrected chi connectivity index (χ2v) is 12.4. The van der Waals surface area contributed by atoms with Crippen LogP contribution in [0.1, 0.15) is 12.8 Å². The third kappa shape index (κ3) is 6.00. The van der Waals surface area contributed by atoms with Gasteiger partial charge in [0, 0.05) is 31.2 Å². The summed E-state index contributed by atoms with van der Waals surface area (Å²) in [5, 5.41) is 0. The fourth-order valence-corrected chi connectivity index (χ4v) is 5.99. The van der Waals surface area contributed by atoms with Gasteiger partial charge in [-0.15, -0.1) is 0 Å². The predicted molar refractivity (Wildman–Crippen MR) is 128 cm³/mol. The van der Waals surface area contributed by atoms with Crippen molar-refractivity contribution in [2.75, 3.05) is 43.9 Å². The van der Waals surface area contributed by atoms with Gasteiger partial charge in [0.25, 0.3) is 10.1 Å². The highest BCUT2D eigenvalue weighted by Gasteiger charge is 2.52. The molecule has 1 unspecified atom stereocenters. The largest absolute Gasteiger partial charge is 0.371 e. The minimum atomic E-state index is -3.91. The first-order valence-electron chi connectivity index (χ1n) is 11.2. The Morgan fingerprint density at radius 3 is 2.22 bits per heavy atom. The molecule has 3 fully saturated rings. The van der Waals surface area contributed by atoms with Crippen LogP contribution in [0.15, 0.2) is 53.7 Å². The number of pyridine rings is 1. The number of hydrogen-bond acceptors (Lipinski definition) is 8. The van der Waals surface area contributed by atoms with Gasteiger partial charge in [-0.3, -0.25) is 14.3 Å². The summed E-state index contributed by atoms with van der Waals surface area (Å²) in [6.45, 7) is 1.89. The van der Waals surface area contributed by atoms with E-state index >= 15 is 0 Å². The molecule has 0 saturated carbocycles. The predicted octanol–water partition coefficient (Wildman–Crippen LogP) is 0.953. The lowest BCUT2D eigenvalue weighted by Gasteiger charge is -2.39. The van der Waals surface area contributed by atoms with E-state index in [0.29, 0.717) is 12.8 Å². The lowest BCUT2D eigenvalue weighted by Crippen LogP contribution is -2.55. The number of benzene rings is 1. The Labute approximate surface area is 209 Å². The number of ether oxygens (including phenoxy) is 1. The van der Waals surface area contributed by atoms with Gasteiger partial charge < -0.3 is 14.5 Å². The molecule has 2 aromatic rings. The number of sulfonamides is 1. The maximum atomic E-state index is 13.2. The van der Waals surface area contributed by atoms with Crippen LogP contribution in [-0.2, 0) is 29.7 Å². The highest BCUT2D eigenvalue weighted by atomic mass is 32.2. The van der Waals surface area contributed by atoms with E-state index in [-0.39, 0.29) is 23.9 Å². The van der Waals surface area contributed by atoms with Crippen molar-refractivity contribution in [2.24, 2.45) is 0 Å². The van der Waals surface area contributed by atoms with Crippen molar-refractivity contribution in [2.45, 2.75) is 29.6 Å². The molecule has 4 heterocycles. The Hall–Kier alpha value is -2.65. The zero-order chi connectivity index (χ0) is 26.1. The second kappa shape index (κ2) is 10.0. The quantitative estimate of drug-likeness (QED) is 0.562. The normalized spacial score (nSPS) is 22.2. The van der Waals surface area contributed by atoms with Crippen LogP contribution in [0.3, 0.4) is 0 Å². The smallest absolute Gasteiger partial charge is 0.261 e. The Kier molecular flexibility index (Phi) is 7.35. The molecule has 196 valence electrons. The second-order valence-electron chi connectivity index (χ2n) is 8.95. The molecule has 1 atom stereocenters. The van der Waals surface area contributed by atoms with Crippen LogP contribution in [0.4, 0.5) is 10.1 Å².